The van der Waals surface area contributed by atoms with Crippen LogP contribution in [0.3, 0.4) is 0 Å². The molecule has 1 amide bonds. The lowest BCUT2D eigenvalue weighted by Gasteiger charge is -2.28. The number of amides is 1. The fourth-order valence-electron chi connectivity index (χ4n) is 3.48. The lowest BCUT2D eigenvalue weighted by Crippen LogP contribution is -2.35. The largest absolute Gasteiger partial charge is 0.376 e. The summed E-state index contributed by atoms with van der Waals surface area (Å²) in [4.78, 5) is 17.4. The van der Waals surface area contributed by atoms with E-state index in [1.54, 1.807) is 4.90 Å². The summed E-state index contributed by atoms with van der Waals surface area (Å²) in [6.07, 6.45) is 6.38. The molecule has 4 nitrogen and oxygen atoms in total. The van der Waals surface area contributed by atoms with Crippen molar-refractivity contribution in [3.05, 3.63) is 40.9 Å². The van der Waals surface area contributed by atoms with Gasteiger partial charge in [-0.1, -0.05) is 42.2 Å². The Balaban J connectivity index is 1.53. The van der Waals surface area contributed by atoms with Crippen LogP contribution in [0.1, 0.15) is 24.8 Å². The van der Waals surface area contributed by atoms with Gasteiger partial charge in [-0.25, -0.2) is 0 Å². The number of para-hydroxylation sites is 1. The van der Waals surface area contributed by atoms with Crippen LogP contribution in [0.25, 0.3) is 0 Å². The van der Waals surface area contributed by atoms with Crippen molar-refractivity contribution >= 4 is 39.9 Å². The van der Waals surface area contributed by atoms with Crippen molar-refractivity contribution < 1.29 is 9.53 Å². The van der Waals surface area contributed by atoms with E-state index < -0.39 is 0 Å². The first-order valence-electron chi connectivity index (χ1n) is 8.44. The van der Waals surface area contributed by atoms with Crippen molar-refractivity contribution in [2.75, 3.05) is 24.6 Å². The molecule has 0 bridgehead atoms. The Morgan fingerprint density at radius 1 is 1.33 bits per heavy atom. The Bertz CT molecular complexity index is 698. The highest BCUT2D eigenvalue weighted by molar-refractivity contribution is 8.26. The monoisotopic (exact) mass is 360 g/mol. The highest BCUT2D eigenvalue weighted by atomic mass is 32.2. The summed E-state index contributed by atoms with van der Waals surface area (Å²) in [5.74, 6) is 0.0172. The lowest BCUT2D eigenvalue weighted by molar-refractivity contribution is -0.123. The highest BCUT2D eigenvalue weighted by Gasteiger charge is 2.35. The number of benzene rings is 1. The SMILES string of the molecule is O=C1/C(=C\N2CCCc3ccccc32)SC(=S)N1CC1CCCO1. The van der Waals surface area contributed by atoms with Crippen molar-refractivity contribution in [3.63, 3.8) is 0 Å². The maximum atomic E-state index is 12.8. The zero-order chi connectivity index (χ0) is 16.5. The Morgan fingerprint density at radius 2 is 2.21 bits per heavy atom. The number of carbonyl (C=O) groups excluding carboxylic acids is 1. The molecule has 4 rings (SSSR count). The third kappa shape index (κ3) is 3.10. The molecule has 0 aromatic heterocycles. The second kappa shape index (κ2) is 6.86. The molecule has 1 aromatic carbocycles. The van der Waals surface area contributed by atoms with E-state index in [2.05, 4.69) is 23.1 Å². The van der Waals surface area contributed by atoms with Gasteiger partial charge in [-0.15, -0.1) is 0 Å². The third-order valence-corrected chi connectivity index (χ3v) is 6.07. The van der Waals surface area contributed by atoms with Crippen LogP contribution in [0.4, 0.5) is 5.69 Å². The van der Waals surface area contributed by atoms with E-state index in [1.807, 2.05) is 12.3 Å². The number of hydrogen-bond donors (Lipinski definition) is 0. The van der Waals surface area contributed by atoms with Gasteiger partial charge in [-0.3, -0.25) is 9.69 Å². The fourth-order valence-corrected chi connectivity index (χ4v) is 4.74. The van der Waals surface area contributed by atoms with Crippen molar-refractivity contribution in [2.24, 2.45) is 0 Å². The van der Waals surface area contributed by atoms with Crippen LogP contribution in [0.5, 0.6) is 0 Å². The first-order chi connectivity index (χ1) is 11.7. The molecule has 2 fully saturated rings. The molecular weight excluding hydrogens is 340 g/mol. The van der Waals surface area contributed by atoms with Crippen molar-refractivity contribution in [2.45, 2.75) is 31.8 Å². The summed E-state index contributed by atoms with van der Waals surface area (Å²) in [5.41, 5.74) is 2.54. The second-order valence-corrected chi connectivity index (χ2v) is 8.01. The van der Waals surface area contributed by atoms with Crippen molar-refractivity contribution in [1.29, 1.82) is 0 Å². The topological polar surface area (TPSA) is 32.8 Å². The fraction of sp³-hybridized carbons (Fsp3) is 0.444. The van der Waals surface area contributed by atoms with E-state index in [9.17, 15) is 4.79 Å². The number of rotatable bonds is 3. The molecule has 0 radical (unpaired) electrons. The van der Waals surface area contributed by atoms with Gasteiger partial charge in [-0.05, 0) is 37.3 Å². The van der Waals surface area contributed by atoms with Gasteiger partial charge < -0.3 is 9.64 Å². The summed E-state index contributed by atoms with van der Waals surface area (Å²) in [6.45, 7) is 2.31. The highest BCUT2D eigenvalue weighted by Crippen LogP contribution is 2.35. The molecule has 3 aliphatic heterocycles. The number of carbonyl (C=O) groups is 1. The van der Waals surface area contributed by atoms with E-state index in [4.69, 9.17) is 17.0 Å². The quantitative estimate of drug-likeness (QED) is 0.610. The number of nitrogens with zero attached hydrogens (tertiary/aromatic N) is 2. The Morgan fingerprint density at radius 3 is 3.04 bits per heavy atom. The molecule has 2 saturated heterocycles. The maximum absolute atomic E-state index is 12.8. The zero-order valence-electron chi connectivity index (χ0n) is 13.4. The number of aryl methyl sites for hydroxylation is 1. The standard InChI is InChI=1S/C18H20N2O2S2/c21-17-16(24-18(23)20(17)11-14-7-4-10-22-14)12-19-9-3-6-13-5-1-2-8-15(13)19/h1-2,5,8,12,14H,3-4,6-7,9-11H2/b16-12+. The second-order valence-electron chi connectivity index (χ2n) is 6.34. The summed E-state index contributed by atoms with van der Waals surface area (Å²) < 4.78 is 6.30. The summed E-state index contributed by atoms with van der Waals surface area (Å²) >= 11 is 6.83. The molecule has 3 aliphatic rings. The van der Waals surface area contributed by atoms with Gasteiger partial charge in [0.15, 0.2) is 0 Å². The molecule has 1 unspecified atom stereocenters. The van der Waals surface area contributed by atoms with Crippen LogP contribution in [-0.4, -0.2) is 40.9 Å². The Labute approximate surface area is 151 Å². The van der Waals surface area contributed by atoms with E-state index in [-0.39, 0.29) is 12.0 Å². The number of ether oxygens (including phenoxy) is 1. The first-order valence-corrected chi connectivity index (χ1v) is 9.66. The van der Waals surface area contributed by atoms with Crippen LogP contribution in [0.15, 0.2) is 35.4 Å². The molecule has 3 heterocycles. The van der Waals surface area contributed by atoms with Crippen LogP contribution >= 0.6 is 24.0 Å². The van der Waals surface area contributed by atoms with E-state index in [0.29, 0.717) is 10.9 Å². The van der Waals surface area contributed by atoms with Crippen LogP contribution in [0, 0.1) is 0 Å². The average Bonchev–Trinajstić information content (AvgIpc) is 3.20. The molecule has 0 aliphatic carbocycles. The minimum atomic E-state index is 0.0172. The van der Waals surface area contributed by atoms with Gasteiger partial charge in [0, 0.05) is 25.0 Å². The molecular formula is C18H20N2O2S2. The van der Waals surface area contributed by atoms with Crippen LogP contribution < -0.4 is 4.90 Å². The molecule has 126 valence electrons. The van der Waals surface area contributed by atoms with E-state index in [0.717, 1.165) is 43.7 Å². The maximum Gasteiger partial charge on any atom is 0.267 e. The number of hydrogen-bond acceptors (Lipinski definition) is 5. The minimum Gasteiger partial charge on any atom is -0.376 e. The lowest BCUT2D eigenvalue weighted by atomic mass is 10.0. The van der Waals surface area contributed by atoms with Crippen molar-refractivity contribution in [1.82, 2.24) is 4.90 Å². The van der Waals surface area contributed by atoms with E-state index >= 15 is 0 Å². The molecule has 0 saturated carbocycles. The van der Waals surface area contributed by atoms with Gasteiger partial charge in [0.05, 0.1) is 17.6 Å². The van der Waals surface area contributed by atoms with Gasteiger partial charge >= 0.3 is 0 Å². The number of anilines is 1. The molecule has 0 N–H and O–H groups in total. The Hall–Kier alpha value is -1.37. The zero-order valence-corrected chi connectivity index (χ0v) is 15.1. The Kier molecular flexibility index (Phi) is 4.61. The third-order valence-electron chi connectivity index (χ3n) is 4.70. The first kappa shape index (κ1) is 16.1. The molecule has 6 heteroatoms. The van der Waals surface area contributed by atoms with Gasteiger partial charge in [0.2, 0.25) is 0 Å². The number of thiocarbonyl (C=S) groups is 1. The molecule has 1 aromatic rings. The number of fused-ring (bicyclic) bond motifs is 1. The smallest absolute Gasteiger partial charge is 0.267 e. The predicted molar refractivity (Wildman–Crippen MR) is 101 cm³/mol. The summed E-state index contributed by atoms with van der Waals surface area (Å²) in [6, 6.07) is 8.41. The van der Waals surface area contributed by atoms with E-state index in [1.165, 1.54) is 23.0 Å². The summed E-state index contributed by atoms with van der Waals surface area (Å²) in [7, 11) is 0. The van der Waals surface area contributed by atoms with Crippen LogP contribution in [-0.2, 0) is 16.0 Å². The van der Waals surface area contributed by atoms with Gasteiger partial charge in [-0.2, -0.15) is 0 Å². The van der Waals surface area contributed by atoms with Crippen molar-refractivity contribution in [3.8, 4) is 0 Å². The molecule has 1 atom stereocenters. The normalized spacial score (nSPS) is 25.7. The minimum absolute atomic E-state index is 0.0172. The van der Waals surface area contributed by atoms with Gasteiger partial charge in [0.1, 0.15) is 4.32 Å². The summed E-state index contributed by atoms with van der Waals surface area (Å²) in [5, 5.41) is 0. The van der Waals surface area contributed by atoms with Crippen LogP contribution in [0.2, 0.25) is 0 Å². The molecule has 0 spiro atoms. The average molecular weight is 361 g/mol. The van der Waals surface area contributed by atoms with Gasteiger partial charge in [0.25, 0.3) is 5.91 Å². The molecule has 24 heavy (non-hydrogen) atoms. The predicted octanol–water partition coefficient (Wildman–Crippen LogP) is 3.32. The number of thioether (sulfide) groups is 1.